The Hall–Kier alpha value is -2.06. The van der Waals surface area contributed by atoms with Crippen LogP contribution in [0.25, 0.3) is 5.78 Å². The second-order valence-electron chi connectivity index (χ2n) is 6.80. The van der Waals surface area contributed by atoms with Crippen LogP contribution in [0.4, 0.5) is 0 Å². The Kier molecular flexibility index (Phi) is 4.27. The molecule has 0 fully saturated rings. The number of fused-ring (bicyclic) bond motifs is 1. The first-order valence-electron chi connectivity index (χ1n) is 7.80. The highest BCUT2D eigenvalue weighted by molar-refractivity contribution is 7.09. The van der Waals surface area contributed by atoms with Gasteiger partial charge in [0.2, 0.25) is 0 Å². The second-order valence-corrected chi connectivity index (χ2v) is 7.66. The molecule has 0 amide bonds. The molecule has 0 spiro atoms. The molecule has 1 N–H and O–H groups in total. The third-order valence-electron chi connectivity index (χ3n) is 3.79. The summed E-state index contributed by atoms with van der Waals surface area (Å²) in [5, 5.41) is 12.2. The van der Waals surface area contributed by atoms with Gasteiger partial charge in [0.1, 0.15) is 6.33 Å². The van der Waals surface area contributed by atoms with Crippen molar-refractivity contribution in [2.45, 2.75) is 46.1 Å². The van der Waals surface area contributed by atoms with E-state index in [-0.39, 0.29) is 24.0 Å². The summed E-state index contributed by atoms with van der Waals surface area (Å²) in [6, 6.07) is 0. The Balaban J connectivity index is 2.03. The van der Waals surface area contributed by atoms with E-state index in [9.17, 15) is 4.79 Å². The summed E-state index contributed by atoms with van der Waals surface area (Å²) >= 11 is 1.62. The molecular weight excluding hydrogens is 326 g/mol. The van der Waals surface area contributed by atoms with Crippen molar-refractivity contribution < 1.29 is 5.11 Å². The van der Waals surface area contributed by atoms with Gasteiger partial charge in [0.25, 0.3) is 11.3 Å². The Morgan fingerprint density at radius 3 is 2.67 bits per heavy atom. The van der Waals surface area contributed by atoms with Crippen LogP contribution in [0, 0.1) is 6.92 Å². The smallest absolute Gasteiger partial charge is 0.277 e. The topological polar surface area (TPSA) is 85.3 Å². The van der Waals surface area contributed by atoms with Crippen LogP contribution in [-0.2, 0) is 18.4 Å². The molecule has 0 aliphatic carbocycles. The lowest BCUT2D eigenvalue weighted by Crippen LogP contribution is -2.27. The number of aliphatic hydroxyl groups is 1. The fourth-order valence-corrected chi connectivity index (χ4v) is 3.42. The van der Waals surface area contributed by atoms with Crippen LogP contribution >= 0.6 is 11.3 Å². The zero-order valence-corrected chi connectivity index (χ0v) is 15.1. The van der Waals surface area contributed by atoms with E-state index < -0.39 is 0 Å². The predicted octanol–water partition coefficient (Wildman–Crippen LogP) is 1.54. The standard InChI is InChI=1S/C16H21N5O2S/c1-10-12(5-6-22)13(23)21-15(18-10)17-9-20(21)7-11-8-24-14(19-11)16(2,3)4/h8-9,22H,5-7H2,1-4H3. The third-order valence-corrected chi connectivity index (χ3v) is 5.10. The van der Waals surface area contributed by atoms with E-state index in [1.54, 1.807) is 29.3 Å². The molecule has 0 aliphatic heterocycles. The lowest BCUT2D eigenvalue weighted by Gasteiger charge is -2.13. The van der Waals surface area contributed by atoms with Crippen LogP contribution in [0.5, 0.6) is 0 Å². The summed E-state index contributed by atoms with van der Waals surface area (Å²) in [5.74, 6) is 0.366. The van der Waals surface area contributed by atoms with Crippen molar-refractivity contribution in [2.24, 2.45) is 0 Å². The molecule has 0 radical (unpaired) electrons. The summed E-state index contributed by atoms with van der Waals surface area (Å²) < 4.78 is 3.17. The van der Waals surface area contributed by atoms with Crippen molar-refractivity contribution in [3.63, 3.8) is 0 Å². The molecule has 0 aromatic carbocycles. The molecule has 3 rings (SSSR count). The third kappa shape index (κ3) is 2.99. The number of nitrogens with zero attached hydrogens (tertiary/aromatic N) is 5. The molecule has 24 heavy (non-hydrogen) atoms. The van der Waals surface area contributed by atoms with Gasteiger partial charge in [-0.2, -0.15) is 9.50 Å². The van der Waals surface area contributed by atoms with Gasteiger partial charge >= 0.3 is 0 Å². The molecule has 3 aromatic rings. The maximum atomic E-state index is 12.7. The maximum absolute atomic E-state index is 12.7. The zero-order valence-electron chi connectivity index (χ0n) is 14.3. The monoisotopic (exact) mass is 347 g/mol. The maximum Gasteiger partial charge on any atom is 0.277 e. The molecular formula is C16H21N5O2S. The largest absolute Gasteiger partial charge is 0.396 e. The first kappa shape index (κ1) is 16.8. The van der Waals surface area contributed by atoms with Gasteiger partial charge < -0.3 is 5.11 Å². The lowest BCUT2D eigenvalue weighted by molar-refractivity contribution is 0.298. The van der Waals surface area contributed by atoms with E-state index in [4.69, 9.17) is 5.11 Å². The highest BCUT2D eigenvalue weighted by atomic mass is 32.1. The number of rotatable bonds is 4. The van der Waals surface area contributed by atoms with Crippen LogP contribution < -0.4 is 5.56 Å². The number of aliphatic hydroxyl groups excluding tert-OH is 1. The van der Waals surface area contributed by atoms with E-state index in [0.29, 0.717) is 23.6 Å². The molecule has 0 aliphatic rings. The molecule has 128 valence electrons. The molecule has 0 saturated heterocycles. The number of aromatic nitrogens is 5. The summed E-state index contributed by atoms with van der Waals surface area (Å²) in [6.07, 6.45) is 1.89. The number of hydrogen-bond acceptors (Lipinski definition) is 6. The van der Waals surface area contributed by atoms with Crippen molar-refractivity contribution in [3.8, 4) is 0 Å². The zero-order chi connectivity index (χ0) is 17.5. The Bertz CT molecular complexity index is 932. The van der Waals surface area contributed by atoms with E-state index in [1.807, 2.05) is 5.38 Å². The Morgan fingerprint density at radius 1 is 1.29 bits per heavy atom. The molecule has 7 nitrogen and oxygen atoms in total. The van der Waals surface area contributed by atoms with E-state index in [0.717, 1.165) is 10.7 Å². The minimum Gasteiger partial charge on any atom is -0.396 e. The first-order chi connectivity index (χ1) is 11.3. The molecule has 3 heterocycles. The van der Waals surface area contributed by atoms with Gasteiger partial charge in [0, 0.05) is 29.4 Å². The highest BCUT2D eigenvalue weighted by Crippen LogP contribution is 2.25. The molecule has 0 unspecified atom stereocenters. The van der Waals surface area contributed by atoms with Crippen molar-refractivity contribution in [2.75, 3.05) is 6.61 Å². The number of thiazole rings is 1. The van der Waals surface area contributed by atoms with Gasteiger partial charge in [0.05, 0.1) is 22.9 Å². The quantitative estimate of drug-likeness (QED) is 0.774. The summed E-state index contributed by atoms with van der Waals surface area (Å²) in [7, 11) is 0. The molecule has 3 aromatic heterocycles. The molecule has 0 bridgehead atoms. The molecule has 8 heteroatoms. The van der Waals surface area contributed by atoms with Gasteiger partial charge in [0.15, 0.2) is 0 Å². The lowest BCUT2D eigenvalue weighted by atomic mass is 9.98. The molecule has 0 atom stereocenters. The van der Waals surface area contributed by atoms with Crippen molar-refractivity contribution in [1.29, 1.82) is 0 Å². The van der Waals surface area contributed by atoms with Crippen LogP contribution in [0.2, 0.25) is 0 Å². The van der Waals surface area contributed by atoms with Crippen LogP contribution in [-0.4, -0.2) is 35.9 Å². The Labute approximate surface area is 143 Å². The molecule has 0 saturated carbocycles. The SMILES string of the molecule is Cc1nc2ncn(Cc3csc(C(C)(C)C)n3)n2c(=O)c1CCO. The second kappa shape index (κ2) is 6.10. The van der Waals surface area contributed by atoms with Crippen molar-refractivity contribution in [1.82, 2.24) is 24.1 Å². The van der Waals surface area contributed by atoms with E-state index >= 15 is 0 Å². The fourth-order valence-electron chi connectivity index (χ4n) is 2.52. The van der Waals surface area contributed by atoms with E-state index in [2.05, 4.69) is 35.7 Å². The van der Waals surface area contributed by atoms with Gasteiger partial charge in [-0.1, -0.05) is 20.8 Å². The van der Waals surface area contributed by atoms with Gasteiger partial charge in [-0.25, -0.2) is 9.97 Å². The number of hydrogen-bond donors (Lipinski definition) is 1. The normalized spacial score (nSPS) is 12.2. The predicted molar refractivity (Wildman–Crippen MR) is 92.7 cm³/mol. The minimum absolute atomic E-state index is 0.00369. The average molecular weight is 347 g/mol. The van der Waals surface area contributed by atoms with Gasteiger partial charge in [-0.3, -0.25) is 9.48 Å². The van der Waals surface area contributed by atoms with Gasteiger partial charge in [-0.05, 0) is 6.92 Å². The number of aryl methyl sites for hydroxylation is 1. The van der Waals surface area contributed by atoms with Crippen molar-refractivity contribution in [3.05, 3.63) is 44.0 Å². The van der Waals surface area contributed by atoms with Crippen LogP contribution in [0.15, 0.2) is 16.5 Å². The van der Waals surface area contributed by atoms with Crippen LogP contribution in [0.1, 0.15) is 42.7 Å². The summed E-state index contributed by atoms with van der Waals surface area (Å²) in [4.78, 5) is 26.0. The highest BCUT2D eigenvalue weighted by Gasteiger charge is 2.19. The average Bonchev–Trinajstić information content (AvgIpc) is 3.11. The summed E-state index contributed by atoms with van der Waals surface area (Å²) in [5.41, 5.74) is 1.84. The fraction of sp³-hybridized carbons (Fsp3) is 0.500. The van der Waals surface area contributed by atoms with Crippen molar-refractivity contribution >= 4 is 17.1 Å². The Morgan fingerprint density at radius 2 is 2.04 bits per heavy atom. The minimum atomic E-state index is -0.185. The summed E-state index contributed by atoms with van der Waals surface area (Å²) in [6.45, 7) is 8.51. The van der Waals surface area contributed by atoms with Crippen LogP contribution in [0.3, 0.4) is 0 Å². The van der Waals surface area contributed by atoms with Gasteiger partial charge in [-0.15, -0.1) is 11.3 Å². The first-order valence-corrected chi connectivity index (χ1v) is 8.68. The van der Waals surface area contributed by atoms with E-state index in [1.165, 1.54) is 4.52 Å².